The number of allylic oxidation sites excluding steroid dienone is 4. The molecule has 0 unspecified atom stereocenters. The Kier molecular flexibility index (Phi) is 4.80. The summed E-state index contributed by atoms with van der Waals surface area (Å²) in [4.78, 5) is 0. The fourth-order valence-electron chi connectivity index (χ4n) is 0.646. The van der Waals surface area contributed by atoms with Gasteiger partial charge < -0.3 is 5.73 Å². The van der Waals surface area contributed by atoms with Crippen molar-refractivity contribution >= 4 is 0 Å². The molecule has 58 valence electrons. The molecule has 0 amide bonds. The lowest BCUT2D eigenvalue weighted by Gasteiger charge is -1.91. The molecule has 11 heavy (non-hydrogen) atoms. The molecule has 0 radical (unpaired) electrons. The van der Waals surface area contributed by atoms with Gasteiger partial charge in [0.2, 0.25) is 0 Å². The lowest BCUT2D eigenvalue weighted by atomic mass is 10.2. The van der Waals surface area contributed by atoms with Crippen LogP contribution in [-0.4, -0.2) is 6.54 Å². The van der Waals surface area contributed by atoms with Crippen LogP contribution in [0, 0.1) is 11.3 Å². The molecule has 0 aromatic rings. The second-order valence-corrected chi connectivity index (χ2v) is 2.13. The highest BCUT2D eigenvalue weighted by Crippen LogP contribution is 1.99. The van der Waals surface area contributed by atoms with Crippen molar-refractivity contribution in [3.05, 3.63) is 36.0 Å². The van der Waals surface area contributed by atoms with Crippen molar-refractivity contribution in [3.63, 3.8) is 0 Å². The van der Waals surface area contributed by atoms with Crippen molar-refractivity contribution in [2.24, 2.45) is 5.73 Å². The van der Waals surface area contributed by atoms with Gasteiger partial charge in [-0.1, -0.05) is 24.3 Å². The van der Waals surface area contributed by atoms with E-state index in [4.69, 9.17) is 11.0 Å². The third-order valence-corrected chi connectivity index (χ3v) is 1.15. The Morgan fingerprint density at radius 2 is 2.36 bits per heavy atom. The highest BCUT2D eigenvalue weighted by Gasteiger charge is 1.89. The molecule has 0 aliphatic carbocycles. The molecule has 0 saturated carbocycles. The van der Waals surface area contributed by atoms with E-state index in [-0.39, 0.29) is 0 Å². The summed E-state index contributed by atoms with van der Waals surface area (Å²) in [6, 6.07) is 2.00. The molecule has 0 aliphatic heterocycles. The number of rotatable bonds is 3. The third-order valence-electron chi connectivity index (χ3n) is 1.15. The molecule has 0 aliphatic rings. The monoisotopic (exact) mass is 148 g/mol. The molecule has 0 aromatic heterocycles. The molecule has 0 fully saturated rings. The van der Waals surface area contributed by atoms with E-state index in [1.807, 2.05) is 19.1 Å². The van der Waals surface area contributed by atoms with Gasteiger partial charge in [0.05, 0.1) is 6.07 Å². The van der Waals surface area contributed by atoms with Crippen molar-refractivity contribution < 1.29 is 0 Å². The Morgan fingerprint density at radius 1 is 1.73 bits per heavy atom. The zero-order chi connectivity index (χ0) is 8.69. The van der Waals surface area contributed by atoms with Gasteiger partial charge in [-0.05, 0) is 13.0 Å². The first-order chi connectivity index (χ1) is 5.24. The normalized spacial score (nSPS) is 12.5. The standard InChI is InChI=1S/C9H12N2/c1-3-4-8(2)5-9(6-10)7-11/h3-5H,1,6,10H2,2H3/b8-4-,9-5+. The predicted octanol–water partition coefficient (Wildman–Crippen LogP) is 1.53. The van der Waals surface area contributed by atoms with Gasteiger partial charge in [-0.2, -0.15) is 5.26 Å². The Balaban J connectivity index is 4.41. The van der Waals surface area contributed by atoms with E-state index in [9.17, 15) is 0 Å². The van der Waals surface area contributed by atoms with Crippen LogP contribution in [0.3, 0.4) is 0 Å². The lowest BCUT2D eigenvalue weighted by molar-refractivity contribution is 1.18. The summed E-state index contributed by atoms with van der Waals surface area (Å²) >= 11 is 0. The predicted molar refractivity (Wildman–Crippen MR) is 46.7 cm³/mol. The first-order valence-electron chi connectivity index (χ1n) is 3.34. The Bertz CT molecular complexity index is 228. The van der Waals surface area contributed by atoms with E-state index in [0.29, 0.717) is 12.1 Å². The summed E-state index contributed by atoms with van der Waals surface area (Å²) in [5, 5.41) is 8.49. The molecule has 0 rings (SSSR count). The van der Waals surface area contributed by atoms with E-state index < -0.39 is 0 Å². The maximum absolute atomic E-state index is 8.49. The van der Waals surface area contributed by atoms with Crippen molar-refractivity contribution in [1.29, 1.82) is 5.26 Å². The van der Waals surface area contributed by atoms with E-state index in [0.717, 1.165) is 5.57 Å². The number of hydrogen-bond donors (Lipinski definition) is 1. The summed E-state index contributed by atoms with van der Waals surface area (Å²) in [6.07, 6.45) is 5.26. The summed E-state index contributed by atoms with van der Waals surface area (Å²) in [6.45, 7) is 5.73. The zero-order valence-corrected chi connectivity index (χ0v) is 6.67. The summed E-state index contributed by atoms with van der Waals surface area (Å²) in [5.74, 6) is 0. The maximum Gasteiger partial charge on any atom is 0.0960 e. The Labute approximate surface area is 67.3 Å². The molecule has 2 heteroatoms. The van der Waals surface area contributed by atoms with Gasteiger partial charge in [-0.3, -0.25) is 0 Å². The van der Waals surface area contributed by atoms with Crippen molar-refractivity contribution in [1.82, 2.24) is 0 Å². The Hall–Kier alpha value is -1.33. The van der Waals surface area contributed by atoms with Gasteiger partial charge in [-0.25, -0.2) is 0 Å². The number of nitrogens with zero attached hydrogens (tertiary/aromatic N) is 1. The smallest absolute Gasteiger partial charge is 0.0960 e. The van der Waals surface area contributed by atoms with Gasteiger partial charge in [0.25, 0.3) is 0 Å². The summed E-state index contributed by atoms with van der Waals surface area (Å²) < 4.78 is 0. The fourth-order valence-corrected chi connectivity index (χ4v) is 0.646. The largest absolute Gasteiger partial charge is 0.326 e. The average Bonchev–Trinajstić information content (AvgIpc) is 2.01. The minimum Gasteiger partial charge on any atom is -0.326 e. The topological polar surface area (TPSA) is 49.8 Å². The SMILES string of the molecule is C=C/C=C(C)\C=C(\C#N)CN. The molecule has 2 nitrogen and oxygen atoms in total. The van der Waals surface area contributed by atoms with Crippen LogP contribution in [0.5, 0.6) is 0 Å². The van der Waals surface area contributed by atoms with Crippen molar-refractivity contribution in [2.45, 2.75) is 6.92 Å². The van der Waals surface area contributed by atoms with Crippen LogP contribution in [0.15, 0.2) is 36.0 Å². The lowest BCUT2D eigenvalue weighted by Crippen LogP contribution is -2.00. The quantitative estimate of drug-likeness (QED) is 0.487. The van der Waals surface area contributed by atoms with Crippen LogP contribution in [0.2, 0.25) is 0 Å². The fraction of sp³-hybridized carbons (Fsp3) is 0.222. The molecule has 0 saturated heterocycles. The summed E-state index contributed by atoms with van der Waals surface area (Å²) in [5.41, 5.74) is 6.86. The van der Waals surface area contributed by atoms with Gasteiger partial charge in [0.1, 0.15) is 0 Å². The first kappa shape index (κ1) is 9.67. The van der Waals surface area contributed by atoms with Gasteiger partial charge >= 0.3 is 0 Å². The minimum absolute atomic E-state index is 0.290. The molecular weight excluding hydrogens is 136 g/mol. The number of hydrogen-bond acceptors (Lipinski definition) is 2. The second kappa shape index (κ2) is 5.45. The van der Waals surface area contributed by atoms with Crippen LogP contribution >= 0.6 is 0 Å². The molecule has 0 heterocycles. The summed E-state index contributed by atoms with van der Waals surface area (Å²) in [7, 11) is 0. The van der Waals surface area contributed by atoms with Gasteiger partial charge in [0.15, 0.2) is 0 Å². The highest BCUT2D eigenvalue weighted by atomic mass is 14.5. The van der Waals surface area contributed by atoms with Crippen molar-refractivity contribution in [3.8, 4) is 6.07 Å². The molecule has 0 aromatic carbocycles. The highest BCUT2D eigenvalue weighted by molar-refractivity contribution is 5.32. The van der Waals surface area contributed by atoms with Gasteiger partial charge in [-0.15, -0.1) is 0 Å². The third kappa shape index (κ3) is 4.12. The average molecular weight is 148 g/mol. The van der Waals surface area contributed by atoms with E-state index >= 15 is 0 Å². The molecule has 2 N–H and O–H groups in total. The van der Waals surface area contributed by atoms with Gasteiger partial charge in [0, 0.05) is 12.1 Å². The van der Waals surface area contributed by atoms with Crippen LogP contribution in [0.1, 0.15) is 6.92 Å². The molecule has 0 bridgehead atoms. The first-order valence-corrected chi connectivity index (χ1v) is 3.34. The van der Waals surface area contributed by atoms with E-state index in [2.05, 4.69) is 6.58 Å². The van der Waals surface area contributed by atoms with Crippen LogP contribution in [-0.2, 0) is 0 Å². The van der Waals surface area contributed by atoms with Crippen LogP contribution in [0.4, 0.5) is 0 Å². The van der Waals surface area contributed by atoms with Crippen molar-refractivity contribution in [2.75, 3.05) is 6.54 Å². The number of nitriles is 1. The minimum atomic E-state index is 0.290. The van der Waals surface area contributed by atoms with E-state index in [1.54, 1.807) is 12.2 Å². The maximum atomic E-state index is 8.49. The van der Waals surface area contributed by atoms with E-state index in [1.165, 1.54) is 0 Å². The molecular formula is C9H12N2. The molecule has 0 spiro atoms. The van der Waals surface area contributed by atoms with Crippen LogP contribution in [0.25, 0.3) is 0 Å². The number of nitrogens with two attached hydrogens (primary N) is 1. The Morgan fingerprint density at radius 3 is 2.73 bits per heavy atom. The van der Waals surface area contributed by atoms with Crippen LogP contribution < -0.4 is 5.73 Å². The second-order valence-electron chi connectivity index (χ2n) is 2.13. The zero-order valence-electron chi connectivity index (χ0n) is 6.67. The molecule has 0 atom stereocenters.